The quantitative estimate of drug-likeness (QED) is 0.892. The molecule has 3 rings (SSSR count). The lowest BCUT2D eigenvalue weighted by Crippen LogP contribution is -2.28. The average molecular weight is 273 g/mol. The number of hydrogen-bond donors (Lipinski definition) is 2. The summed E-state index contributed by atoms with van der Waals surface area (Å²) in [6, 6.07) is 5.17. The van der Waals surface area contributed by atoms with Crippen molar-refractivity contribution in [3.8, 4) is 11.5 Å². The molecule has 0 bridgehead atoms. The Hall–Kier alpha value is -2.50. The third-order valence-electron chi connectivity index (χ3n) is 3.18. The van der Waals surface area contributed by atoms with Crippen LogP contribution in [0.5, 0.6) is 11.5 Å². The number of benzene rings is 1. The number of ether oxygens (including phenoxy) is 2. The van der Waals surface area contributed by atoms with Crippen molar-refractivity contribution in [2.45, 2.75) is 13.0 Å². The highest BCUT2D eigenvalue weighted by Gasteiger charge is 2.21. The third kappa shape index (κ3) is 2.32. The van der Waals surface area contributed by atoms with Crippen molar-refractivity contribution in [2.75, 3.05) is 13.2 Å². The largest absolute Gasteiger partial charge is 0.486 e. The second-order valence-electron chi connectivity index (χ2n) is 4.56. The Bertz CT molecular complexity index is 610. The van der Waals surface area contributed by atoms with Gasteiger partial charge in [-0.1, -0.05) is 6.07 Å². The number of aromatic nitrogens is 2. The highest BCUT2D eigenvalue weighted by Crippen LogP contribution is 2.33. The maximum absolute atomic E-state index is 12.3. The van der Waals surface area contributed by atoms with Gasteiger partial charge in [0.05, 0.1) is 17.8 Å². The molecule has 2 heterocycles. The summed E-state index contributed by atoms with van der Waals surface area (Å²) >= 11 is 0. The van der Waals surface area contributed by atoms with Gasteiger partial charge in [-0.15, -0.1) is 0 Å². The Morgan fingerprint density at radius 1 is 1.40 bits per heavy atom. The van der Waals surface area contributed by atoms with Gasteiger partial charge in [0, 0.05) is 11.8 Å². The normalized spacial score (nSPS) is 14.7. The fourth-order valence-electron chi connectivity index (χ4n) is 2.11. The summed E-state index contributed by atoms with van der Waals surface area (Å²) in [5.74, 6) is 0.927. The molecule has 6 heteroatoms. The lowest BCUT2D eigenvalue weighted by atomic mass is 10.1. The van der Waals surface area contributed by atoms with Crippen molar-refractivity contribution in [3.63, 3.8) is 0 Å². The molecule has 20 heavy (non-hydrogen) atoms. The zero-order valence-electron chi connectivity index (χ0n) is 11.1. The maximum atomic E-state index is 12.3. The summed E-state index contributed by atoms with van der Waals surface area (Å²) in [5.41, 5.74) is 1.40. The summed E-state index contributed by atoms with van der Waals surface area (Å²) in [5, 5.41) is 9.51. The second-order valence-corrected chi connectivity index (χ2v) is 4.56. The van der Waals surface area contributed by atoms with Gasteiger partial charge in [0.2, 0.25) is 0 Å². The minimum absolute atomic E-state index is 0.137. The van der Waals surface area contributed by atoms with Crippen LogP contribution >= 0.6 is 0 Å². The summed E-state index contributed by atoms with van der Waals surface area (Å²) < 4.78 is 11.0. The molecule has 1 aliphatic rings. The van der Waals surface area contributed by atoms with Crippen LogP contribution in [0.2, 0.25) is 0 Å². The number of nitrogens with one attached hydrogen (secondary N) is 2. The van der Waals surface area contributed by atoms with Crippen LogP contribution < -0.4 is 14.8 Å². The van der Waals surface area contributed by atoms with Crippen LogP contribution in [0.15, 0.2) is 30.6 Å². The van der Waals surface area contributed by atoms with Crippen molar-refractivity contribution < 1.29 is 14.3 Å². The van der Waals surface area contributed by atoms with Gasteiger partial charge in [0.25, 0.3) is 5.91 Å². The van der Waals surface area contributed by atoms with Crippen LogP contribution in [-0.4, -0.2) is 29.3 Å². The molecule has 1 unspecified atom stereocenters. The molecule has 2 N–H and O–H groups in total. The minimum atomic E-state index is -0.193. The van der Waals surface area contributed by atoms with E-state index in [0.29, 0.717) is 30.3 Å². The van der Waals surface area contributed by atoms with Crippen LogP contribution in [0.3, 0.4) is 0 Å². The number of nitrogens with zero attached hydrogens (tertiary/aromatic N) is 1. The monoisotopic (exact) mass is 273 g/mol. The van der Waals surface area contributed by atoms with E-state index in [4.69, 9.17) is 9.47 Å². The topological polar surface area (TPSA) is 76.2 Å². The van der Waals surface area contributed by atoms with Gasteiger partial charge < -0.3 is 14.8 Å². The van der Waals surface area contributed by atoms with E-state index in [2.05, 4.69) is 15.5 Å². The van der Waals surface area contributed by atoms with E-state index >= 15 is 0 Å². The maximum Gasteiger partial charge on any atom is 0.255 e. The van der Waals surface area contributed by atoms with Crippen molar-refractivity contribution in [2.24, 2.45) is 0 Å². The molecular formula is C14H15N3O3. The smallest absolute Gasteiger partial charge is 0.255 e. The van der Waals surface area contributed by atoms with E-state index in [1.165, 1.54) is 0 Å². The fourth-order valence-corrected chi connectivity index (χ4v) is 2.11. The first-order chi connectivity index (χ1) is 9.75. The summed E-state index contributed by atoms with van der Waals surface area (Å²) in [6.45, 7) is 2.85. The number of aromatic amines is 1. The van der Waals surface area contributed by atoms with E-state index in [9.17, 15) is 4.79 Å². The predicted octanol–water partition coefficient (Wildman–Crippen LogP) is 1.67. The third-order valence-corrected chi connectivity index (χ3v) is 3.18. The van der Waals surface area contributed by atoms with Gasteiger partial charge in [0.15, 0.2) is 11.5 Å². The molecule has 1 amide bonds. The van der Waals surface area contributed by atoms with Crippen molar-refractivity contribution in [1.82, 2.24) is 15.5 Å². The zero-order valence-corrected chi connectivity index (χ0v) is 11.1. The molecule has 6 nitrogen and oxygen atoms in total. The summed E-state index contributed by atoms with van der Waals surface area (Å²) in [6.07, 6.45) is 3.44. The van der Waals surface area contributed by atoms with E-state index in [0.717, 1.165) is 5.56 Å². The Balaban J connectivity index is 1.81. The Labute approximate surface area is 116 Å². The van der Waals surface area contributed by atoms with E-state index < -0.39 is 0 Å². The average Bonchev–Trinajstić information content (AvgIpc) is 3.01. The molecule has 0 fully saturated rings. The fraction of sp³-hybridized carbons (Fsp3) is 0.286. The standard InChI is InChI=1S/C14H15N3O3/c1-9(10-7-15-16-8-10)17-14(18)11-3-2-4-12-13(11)20-6-5-19-12/h2-4,7-9H,5-6H2,1H3,(H,15,16)(H,17,18). The lowest BCUT2D eigenvalue weighted by molar-refractivity contribution is 0.0929. The first kappa shape index (κ1) is 12.5. The number of hydrogen-bond acceptors (Lipinski definition) is 4. The summed E-state index contributed by atoms with van der Waals surface area (Å²) in [7, 11) is 0. The van der Waals surface area contributed by atoms with E-state index in [1.807, 2.05) is 6.92 Å². The molecule has 1 aromatic carbocycles. The van der Waals surface area contributed by atoms with Crippen LogP contribution in [-0.2, 0) is 0 Å². The number of amides is 1. The van der Waals surface area contributed by atoms with Crippen molar-refractivity contribution >= 4 is 5.91 Å². The van der Waals surface area contributed by atoms with Crippen LogP contribution in [0.25, 0.3) is 0 Å². The number of carbonyl (C=O) groups is 1. The van der Waals surface area contributed by atoms with Gasteiger partial charge in [-0.2, -0.15) is 5.10 Å². The van der Waals surface area contributed by atoms with Gasteiger partial charge >= 0.3 is 0 Å². The minimum Gasteiger partial charge on any atom is -0.486 e. The Kier molecular flexibility index (Phi) is 3.28. The first-order valence-electron chi connectivity index (χ1n) is 6.44. The van der Waals surface area contributed by atoms with Gasteiger partial charge in [0.1, 0.15) is 13.2 Å². The molecule has 1 aromatic heterocycles. The molecular weight excluding hydrogens is 258 g/mol. The SMILES string of the molecule is CC(NC(=O)c1cccc2c1OCCO2)c1cn[nH]c1. The van der Waals surface area contributed by atoms with Crippen LogP contribution in [0.4, 0.5) is 0 Å². The molecule has 2 aromatic rings. The predicted molar refractivity (Wildman–Crippen MR) is 71.9 cm³/mol. The molecule has 0 saturated heterocycles. The molecule has 1 aliphatic heterocycles. The first-order valence-corrected chi connectivity index (χ1v) is 6.44. The lowest BCUT2D eigenvalue weighted by Gasteiger charge is -2.21. The second kappa shape index (κ2) is 5.24. The number of H-pyrrole nitrogens is 1. The van der Waals surface area contributed by atoms with Gasteiger partial charge in [-0.25, -0.2) is 0 Å². The highest BCUT2D eigenvalue weighted by molar-refractivity contribution is 5.98. The zero-order chi connectivity index (χ0) is 13.9. The van der Waals surface area contributed by atoms with Gasteiger partial charge in [-0.05, 0) is 19.1 Å². The summed E-state index contributed by atoms with van der Waals surface area (Å²) in [4.78, 5) is 12.3. The number of carbonyl (C=O) groups excluding carboxylic acids is 1. The molecule has 0 aliphatic carbocycles. The van der Waals surface area contributed by atoms with E-state index in [-0.39, 0.29) is 11.9 Å². The Morgan fingerprint density at radius 2 is 2.25 bits per heavy atom. The highest BCUT2D eigenvalue weighted by atomic mass is 16.6. The molecule has 1 atom stereocenters. The molecule has 0 radical (unpaired) electrons. The number of rotatable bonds is 3. The number of para-hydroxylation sites is 1. The molecule has 0 saturated carbocycles. The van der Waals surface area contributed by atoms with Gasteiger partial charge in [-0.3, -0.25) is 9.89 Å². The number of fused-ring (bicyclic) bond motifs is 1. The van der Waals surface area contributed by atoms with E-state index in [1.54, 1.807) is 30.6 Å². The molecule has 104 valence electrons. The van der Waals surface area contributed by atoms with Crippen LogP contribution in [0.1, 0.15) is 28.9 Å². The Morgan fingerprint density at radius 3 is 3.05 bits per heavy atom. The van der Waals surface area contributed by atoms with Crippen molar-refractivity contribution in [1.29, 1.82) is 0 Å². The van der Waals surface area contributed by atoms with Crippen molar-refractivity contribution in [3.05, 3.63) is 41.7 Å². The van der Waals surface area contributed by atoms with Crippen LogP contribution in [0, 0.1) is 0 Å². The molecule has 0 spiro atoms.